The third-order valence-corrected chi connectivity index (χ3v) is 6.26. The van der Waals surface area contributed by atoms with Crippen LogP contribution in [0.4, 0.5) is 0 Å². The van der Waals surface area contributed by atoms with Gasteiger partial charge in [0.05, 0.1) is 12.7 Å². The summed E-state index contributed by atoms with van der Waals surface area (Å²) in [5, 5.41) is 0. The molecular formula is C22H30O2. The van der Waals surface area contributed by atoms with E-state index in [1.807, 2.05) is 24.3 Å². The number of fused-ring (bicyclic) bond motifs is 2. The van der Waals surface area contributed by atoms with E-state index in [0.717, 1.165) is 23.3 Å². The van der Waals surface area contributed by atoms with Gasteiger partial charge in [-0.05, 0) is 66.6 Å². The van der Waals surface area contributed by atoms with E-state index in [1.54, 1.807) is 0 Å². The molecule has 2 fully saturated rings. The zero-order valence-electron chi connectivity index (χ0n) is 15.3. The highest BCUT2D eigenvalue weighted by atomic mass is 16.5. The van der Waals surface area contributed by atoms with Gasteiger partial charge in [-0.1, -0.05) is 45.5 Å². The van der Waals surface area contributed by atoms with Gasteiger partial charge in [-0.25, -0.2) is 0 Å². The Labute approximate surface area is 146 Å². The lowest BCUT2D eigenvalue weighted by molar-refractivity contribution is -0.0554. The lowest BCUT2D eigenvalue weighted by Crippen LogP contribution is -2.40. The second kappa shape index (κ2) is 6.84. The standard InChI is InChI=1S/C22H30O2/c1-5-20(23)17-8-6-7-16(11-17)14-24-19-12-18-9-10-22(4,13-19)21(18)15(2)3/h5-8,11,15,18-19,21H,1,9-10,12-14H2,2-4H3. The predicted octanol–water partition coefficient (Wildman–Crippen LogP) is 5.42. The number of hydrogen-bond donors (Lipinski definition) is 0. The summed E-state index contributed by atoms with van der Waals surface area (Å²) in [5.41, 5.74) is 2.22. The summed E-state index contributed by atoms with van der Waals surface area (Å²) >= 11 is 0. The molecule has 0 spiro atoms. The van der Waals surface area contributed by atoms with Crippen molar-refractivity contribution in [3.63, 3.8) is 0 Å². The van der Waals surface area contributed by atoms with E-state index < -0.39 is 0 Å². The smallest absolute Gasteiger partial charge is 0.185 e. The summed E-state index contributed by atoms with van der Waals surface area (Å²) in [6.45, 7) is 11.4. The summed E-state index contributed by atoms with van der Waals surface area (Å²) in [4.78, 5) is 11.7. The lowest BCUT2D eigenvalue weighted by atomic mass is 9.63. The molecule has 3 rings (SSSR count). The third kappa shape index (κ3) is 3.35. The Bertz CT molecular complexity index is 618. The van der Waals surface area contributed by atoms with Crippen LogP contribution in [0.5, 0.6) is 0 Å². The van der Waals surface area contributed by atoms with Crippen LogP contribution in [0.2, 0.25) is 0 Å². The molecule has 0 radical (unpaired) electrons. The minimum Gasteiger partial charge on any atom is -0.374 e. The zero-order valence-corrected chi connectivity index (χ0v) is 15.3. The molecule has 4 unspecified atom stereocenters. The van der Waals surface area contributed by atoms with Crippen molar-refractivity contribution in [1.29, 1.82) is 0 Å². The van der Waals surface area contributed by atoms with Crippen molar-refractivity contribution in [3.8, 4) is 0 Å². The van der Waals surface area contributed by atoms with Crippen LogP contribution in [-0.4, -0.2) is 11.9 Å². The largest absolute Gasteiger partial charge is 0.374 e. The highest BCUT2D eigenvalue weighted by Gasteiger charge is 2.51. The number of allylic oxidation sites excluding steroid dienone is 1. The monoisotopic (exact) mass is 326 g/mol. The highest BCUT2D eigenvalue weighted by molar-refractivity contribution is 6.04. The molecule has 0 aliphatic heterocycles. The topological polar surface area (TPSA) is 26.3 Å². The van der Waals surface area contributed by atoms with Gasteiger partial charge in [0.15, 0.2) is 5.78 Å². The van der Waals surface area contributed by atoms with Gasteiger partial charge in [-0.3, -0.25) is 4.79 Å². The molecule has 1 aromatic rings. The first-order chi connectivity index (χ1) is 11.4. The Kier molecular flexibility index (Phi) is 4.96. The first kappa shape index (κ1) is 17.4. The van der Waals surface area contributed by atoms with Crippen molar-refractivity contribution < 1.29 is 9.53 Å². The van der Waals surface area contributed by atoms with E-state index in [-0.39, 0.29) is 5.78 Å². The molecule has 4 atom stereocenters. The number of rotatable bonds is 6. The van der Waals surface area contributed by atoms with Crippen LogP contribution in [-0.2, 0) is 11.3 Å². The van der Waals surface area contributed by atoms with Crippen LogP contribution in [0.25, 0.3) is 0 Å². The van der Waals surface area contributed by atoms with Crippen molar-refractivity contribution >= 4 is 5.78 Å². The van der Waals surface area contributed by atoms with E-state index in [1.165, 1.54) is 31.8 Å². The number of ketones is 1. The Hall–Kier alpha value is -1.41. The summed E-state index contributed by atoms with van der Waals surface area (Å²) < 4.78 is 6.27. The molecule has 2 aliphatic rings. The van der Waals surface area contributed by atoms with Gasteiger partial charge < -0.3 is 4.74 Å². The van der Waals surface area contributed by atoms with E-state index in [4.69, 9.17) is 4.74 Å². The van der Waals surface area contributed by atoms with E-state index in [2.05, 4.69) is 27.4 Å². The van der Waals surface area contributed by atoms with E-state index in [0.29, 0.717) is 23.7 Å². The van der Waals surface area contributed by atoms with Crippen molar-refractivity contribution in [2.75, 3.05) is 0 Å². The Morgan fingerprint density at radius 3 is 2.92 bits per heavy atom. The van der Waals surface area contributed by atoms with Gasteiger partial charge in [-0.2, -0.15) is 0 Å². The molecule has 2 saturated carbocycles. The Balaban J connectivity index is 1.63. The van der Waals surface area contributed by atoms with Crippen molar-refractivity contribution in [3.05, 3.63) is 48.0 Å². The molecule has 1 aromatic carbocycles. The molecule has 0 aromatic heterocycles. The van der Waals surface area contributed by atoms with Crippen molar-refractivity contribution in [1.82, 2.24) is 0 Å². The van der Waals surface area contributed by atoms with Crippen LogP contribution < -0.4 is 0 Å². The minimum atomic E-state index is -0.0279. The molecule has 2 bridgehead atoms. The third-order valence-electron chi connectivity index (χ3n) is 6.26. The molecule has 24 heavy (non-hydrogen) atoms. The van der Waals surface area contributed by atoms with Crippen LogP contribution in [0.15, 0.2) is 36.9 Å². The van der Waals surface area contributed by atoms with Crippen molar-refractivity contribution in [2.24, 2.45) is 23.2 Å². The van der Waals surface area contributed by atoms with Gasteiger partial charge in [-0.15, -0.1) is 0 Å². The van der Waals surface area contributed by atoms with E-state index >= 15 is 0 Å². The number of ether oxygens (including phenoxy) is 1. The van der Waals surface area contributed by atoms with Crippen LogP contribution in [0, 0.1) is 23.2 Å². The summed E-state index contributed by atoms with van der Waals surface area (Å²) in [6, 6.07) is 7.73. The van der Waals surface area contributed by atoms with Gasteiger partial charge >= 0.3 is 0 Å². The van der Waals surface area contributed by atoms with Crippen LogP contribution in [0.3, 0.4) is 0 Å². The Morgan fingerprint density at radius 1 is 1.46 bits per heavy atom. The number of carbonyl (C=O) groups excluding carboxylic acids is 1. The highest BCUT2D eigenvalue weighted by Crippen LogP contribution is 2.58. The lowest BCUT2D eigenvalue weighted by Gasteiger charge is -2.44. The van der Waals surface area contributed by atoms with Gasteiger partial charge in [0.1, 0.15) is 0 Å². The first-order valence-electron chi connectivity index (χ1n) is 9.30. The molecule has 0 saturated heterocycles. The fourth-order valence-electron chi connectivity index (χ4n) is 5.50. The average molecular weight is 326 g/mol. The first-order valence-corrected chi connectivity index (χ1v) is 9.30. The fourth-order valence-corrected chi connectivity index (χ4v) is 5.50. The maximum atomic E-state index is 11.7. The van der Waals surface area contributed by atoms with Gasteiger partial charge in [0, 0.05) is 5.56 Å². The van der Waals surface area contributed by atoms with Crippen LogP contribution in [0.1, 0.15) is 62.4 Å². The quantitative estimate of drug-likeness (QED) is 0.515. The summed E-state index contributed by atoms with van der Waals surface area (Å²) in [5.74, 6) is 2.42. The normalized spacial score (nSPS) is 32.1. The molecule has 130 valence electrons. The summed E-state index contributed by atoms with van der Waals surface area (Å²) in [7, 11) is 0. The molecule has 0 heterocycles. The minimum absolute atomic E-state index is 0.0279. The Morgan fingerprint density at radius 2 is 2.25 bits per heavy atom. The molecule has 2 aliphatic carbocycles. The number of hydrogen-bond acceptors (Lipinski definition) is 2. The molecule has 2 heteroatoms. The molecule has 0 amide bonds. The second-order valence-corrected chi connectivity index (χ2v) is 8.36. The van der Waals surface area contributed by atoms with Gasteiger partial charge in [0.2, 0.25) is 0 Å². The van der Waals surface area contributed by atoms with E-state index in [9.17, 15) is 4.79 Å². The number of carbonyl (C=O) groups is 1. The maximum absolute atomic E-state index is 11.7. The van der Waals surface area contributed by atoms with Gasteiger partial charge in [0.25, 0.3) is 0 Å². The zero-order chi connectivity index (χ0) is 17.3. The van der Waals surface area contributed by atoms with Crippen LogP contribution >= 0.6 is 0 Å². The molecule has 0 N–H and O–H groups in total. The molecule has 2 nitrogen and oxygen atoms in total. The second-order valence-electron chi connectivity index (χ2n) is 8.36. The number of benzene rings is 1. The predicted molar refractivity (Wildman–Crippen MR) is 97.9 cm³/mol. The average Bonchev–Trinajstić information content (AvgIpc) is 2.79. The SMILES string of the molecule is C=CC(=O)c1cccc(COC2CC3CCC(C)(C2)C3C(C)C)c1. The fraction of sp³-hybridized carbons (Fsp3) is 0.591. The maximum Gasteiger partial charge on any atom is 0.185 e. The molecular weight excluding hydrogens is 296 g/mol. The van der Waals surface area contributed by atoms with Crippen molar-refractivity contribution in [2.45, 2.75) is 59.2 Å². The summed E-state index contributed by atoms with van der Waals surface area (Å²) in [6.07, 6.45) is 6.82.